The number of hydrogen-bond donors (Lipinski definition) is 1. The van der Waals surface area contributed by atoms with Gasteiger partial charge in [-0.05, 0) is 38.2 Å². The molecule has 2 amide bonds. The van der Waals surface area contributed by atoms with Crippen LogP contribution in [0, 0.1) is 17.3 Å². The van der Waals surface area contributed by atoms with Gasteiger partial charge in [0.1, 0.15) is 0 Å². The summed E-state index contributed by atoms with van der Waals surface area (Å²) in [5, 5.41) is 13.8. The highest BCUT2D eigenvalue weighted by Crippen LogP contribution is 2.49. The van der Waals surface area contributed by atoms with E-state index in [1.807, 2.05) is 17.2 Å². The Morgan fingerprint density at radius 3 is 2.37 bits per heavy atom. The van der Waals surface area contributed by atoms with Crippen LogP contribution in [0.2, 0.25) is 0 Å². The molecule has 1 saturated carbocycles. The van der Waals surface area contributed by atoms with Gasteiger partial charge in [-0.25, -0.2) is 0 Å². The first-order valence-corrected chi connectivity index (χ1v) is 9.77. The largest absolute Gasteiger partial charge is 0.481 e. The van der Waals surface area contributed by atoms with Crippen molar-refractivity contribution in [2.75, 3.05) is 26.2 Å². The Labute approximate surface area is 158 Å². The lowest BCUT2D eigenvalue weighted by molar-refractivity contribution is -0.152. The zero-order valence-corrected chi connectivity index (χ0v) is 15.4. The first-order valence-electron chi connectivity index (χ1n) is 9.77. The fourth-order valence-electron chi connectivity index (χ4n) is 4.45. The van der Waals surface area contributed by atoms with Crippen molar-refractivity contribution in [3.63, 3.8) is 0 Å². The van der Waals surface area contributed by atoms with Crippen LogP contribution < -0.4 is 0 Å². The lowest BCUT2D eigenvalue weighted by atomic mass is 9.87. The van der Waals surface area contributed by atoms with Gasteiger partial charge in [-0.3, -0.25) is 19.1 Å². The molecule has 146 valence electrons. The maximum Gasteiger partial charge on any atom is 0.308 e. The van der Waals surface area contributed by atoms with Gasteiger partial charge >= 0.3 is 5.97 Å². The van der Waals surface area contributed by atoms with Gasteiger partial charge in [0.2, 0.25) is 11.8 Å². The summed E-state index contributed by atoms with van der Waals surface area (Å²) in [7, 11) is 0. The summed E-state index contributed by atoms with van der Waals surface area (Å²) in [4.78, 5) is 41.2. The number of likely N-dealkylation sites (tertiary alicyclic amines) is 2. The van der Waals surface area contributed by atoms with E-state index in [-0.39, 0.29) is 18.4 Å². The first kappa shape index (κ1) is 18.0. The molecule has 2 aliphatic heterocycles. The monoisotopic (exact) mass is 374 g/mol. The molecule has 8 nitrogen and oxygen atoms in total. The number of carbonyl (C=O) groups is 3. The predicted octanol–water partition coefficient (Wildman–Crippen LogP) is 0.835. The minimum atomic E-state index is -0.927. The molecule has 0 bridgehead atoms. The van der Waals surface area contributed by atoms with E-state index < -0.39 is 23.2 Å². The highest BCUT2D eigenvalue weighted by atomic mass is 16.4. The summed E-state index contributed by atoms with van der Waals surface area (Å²) < 4.78 is 1.76. The molecule has 1 N–H and O–H groups in total. The Morgan fingerprint density at radius 1 is 1.07 bits per heavy atom. The molecule has 2 saturated heterocycles. The second-order valence-corrected chi connectivity index (χ2v) is 8.19. The average molecular weight is 374 g/mol. The molecule has 0 spiro atoms. The van der Waals surface area contributed by atoms with E-state index in [9.17, 15) is 19.5 Å². The van der Waals surface area contributed by atoms with Crippen molar-refractivity contribution in [3.05, 3.63) is 18.5 Å². The van der Waals surface area contributed by atoms with Crippen molar-refractivity contribution in [3.8, 4) is 0 Å². The number of rotatable bonds is 5. The smallest absolute Gasteiger partial charge is 0.308 e. The molecule has 1 aromatic rings. The number of carboxylic acids is 1. The maximum absolute atomic E-state index is 13.2. The molecule has 0 radical (unpaired) electrons. The van der Waals surface area contributed by atoms with E-state index >= 15 is 0 Å². The van der Waals surface area contributed by atoms with Crippen LogP contribution in [-0.4, -0.2) is 68.6 Å². The Kier molecular flexibility index (Phi) is 4.65. The topological polar surface area (TPSA) is 95.7 Å². The van der Waals surface area contributed by atoms with Gasteiger partial charge in [0.15, 0.2) is 0 Å². The predicted molar refractivity (Wildman–Crippen MR) is 95.5 cm³/mol. The van der Waals surface area contributed by atoms with Crippen molar-refractivity contribution in [2.24, 2.45) is 17.3 Å². The zero-order chi connectivity index (χ0) is 19.0. The van der Waals surface area contributed by atoms with Crippen molar-refractivity contribution >= 4 is 17.8 Å². The standard InChI is InChI=1S/C19H26N4O4/c24-16(21-7-1-2-8-21)14-10-15(17(25)26)12-22(11-14)18(27)19(4-5-19)13-23-9-3-6-20-23/h3,6,9,14-15H,1-2,4-5,7-8,10-13H2,(H,25,26)/t14-,15+/m1/s1. The molecule has 3 heterocycles. The fourth-order valence-corrected chi connectivity index (χ4v) is 4.45. The normalized spacial score (nSPS) is 26.8. The van der Waals surface area contributed by atoms with Gasteiger partial charge < -0.3 is 14.9 Å². The number of amides is 2. The van der Waals surface area contributed by atoms with Gasteiger partial charge in [-0.1, -0.05) is 0 Å². The van der Waals surface area contributed by atoms with E-state index in [4.69, 9.17) is 0 Å². The van der Waals surface area contributed by atoms with Crippen LogP contribution in [0.3, 0.4) is 0 Å². The summed E-state index contributed by atoms with van der Waals surface area (Å²) in [5.41, 5.74) is -0.492. The summed E-state index contributed by atoms with van der Waals surface area (Å²) in [6, 6.07) is 1.83. The van der Waals surface area contributed by atoms with Gasteiger partial charge in [0.25, 0.3) is 0 Å². The molecule has 3 fully saturated rings. The van der Waals surface area contributed by atoms with Crippen LogP contribution in [0.1, 0.15) is 32.1 Å². The summed E-state index contributed by atoms with van der Waals surface area (Å²) >= 11 is 0. The molecule has 4 rings (SSSR count). The fraction of sp³-hybridized carbons (Fsp3) is 0.684. The summed E-state index contributed by atoms with van der Waals surface area (Å²) in [5.74, 6) is -2.04. The lowest BCUT2D eigenvalue weighted by Gasteiger charge is -2.38. The average Bonchev–Trinajstić information content (AvgIpc) is 3.06. The Morgan fingerprint density at radius 2 is 1.78 bits per heavy atom. The molecule has 2 atom stereocenters. The Hall–Kier alpha value is -2.38. The number of aliphatic carboxylic acids is 1. The van der Waals surface area contributed by atoms with Gasteiger partial charge in [-0.2, -0.15) is 5.10 Å². The van der Waals surface area contributed by atoms with Crippen molar-refractivity contribution in [1.82, 2.24) is 19.6 Å². The molecule has 1 aromatic heterocycles. The molecule has 1 aliphatic carbocycles. The molecule has 27 heavy (non-hydrogen) atoms. The second kappa shape index (κ2) is 6.98. The SMILES string of the molecule is O=C(O)[C@H]1C[C@@H](C(=O)N2CCCC2)CN(C(=O)C2(Cn3cccn3)CC2)C1. The third kappa shape index (κ3) is 3.57. The third-order valence-electron chi connectivity index (χ3n) is 6.19. The van der Waals surface area contributed by atoms with Crippen molar-refractivity contribution in [2.45, 2.75) is 38.6 Å². The molecule has 3 aliphatic rings. The quantitative estimate of drug-likeness (QED) is 0.824. The Balaban J connectivity index is 1.49. The minimum absolute atomic E-state index is 0.00757. The van der Waals surface area contributed by atoms with E-state index in [0.29, 0.717) is 19.5 Å². The third-order valence-corrected chi connectivity index (χ3v) is 6.19. The van der Waals surface area contributed by atoms with Crippen LogP contribution in [0.25, 0.3) is 0 Å². The highest BCUT2D eigenvalue weighted by molar-refractivity contribution is 5.87. The highest BCUT2D eigenvalue weighted by Gasteiger charge is 2.53. The van der Waals surface area contributed by atoms with Crippen molar-refractivity contribution in [1.29, 1.82) is 0 Å². The molecule has 0 unspecified atom stereocenters. The number of aromatic nitrogens is 2. The number of carbonyl (C=O) groups excluding carboxylic acids is 2. The molecular weight excluding hydrogens is 348 g/mol. The molecule has 8 heteroatoms. The van der Waals surface area contributed by atoms with Crippen LogP contribution in [0.4, 0.5) is 0 Å². The van der Waals surface area contributed by atoms with Crippen LogP contribution in [0.5, 0.6) is 0 Å². The second-order valence-electron chi connectivity index (χ2n) is 8.19. The first-order chi connectivity index (χ1) is 13.0. The number of hydrogen-bond acceptors (Lipinski definition) is 4. The van der Waals surface area contributed by atoms with Gasteiger partial charge in [-0.15, -0.1) is 0 Å². The molecule has 0 aromatic carbocycles. The zero-order valence-electron chi connectivity index (χ0n) is 15.4. The van der Waals surface area contributed by atoms with Gasteiger partial charge in [0.05, 0.1) is 23.8 Å². The lowest BCUT2D eigenvalue weighted by Crippen LogP contribution is -2.52. The van der Waals surface area contributed by atoms with Crippen LogP contribution >= 0.6 is 0 Å². The summed E-state index contributed by atoms with van der Waals surface area (Å²) in [6.45, 7) is 2.52. The number of carboxylic acid groups (broad SMARTS) is 1. The van der Waals surface area contributed by atoms with E-state index in [1.165, 1.54) is 0 Å². The number of piperidine rings is 1. The summed E-state index contributed by atoms with van der Waals surface area (Å²) in [6.07, 6.45) is 7.40. The van der Waals surface area contributed by atoms with Crippen LogP contribution in [0.15, 0.2) is 18.5 Å². The van der Waals surface area contributed by atoms with Crippen LogP contribution in [-0.2, 0) is 20.9 Å². The van der Waals surface area contributed by atoms with E-state index in [0.717, 1.165) is 38.8 Å². The maximum atomic E-state index is 13.2. The Bertz CT molecular complexity index is 722. The van der Waals surface area contributed by atoms with Crippen molar-refractivity contribution < 1.29 is 19.5 Å². The molecular formula is C19H26N4O4. The van der Waals surface area contributed by atoms with E-state index in [2.05, 4.69) is 5.10 Å². The minimum Gasteiger partial charge on any atom is -0.481 e. The van der Waals surface area contributed by atoms with Gasteiger partial charge in [0, 0.05) is 38.6 Å². The number of nitrogens with zero attached hydrogens (tertiary/aromatic N) is 4. The van der Waals surface area contributed by atoms with E-state index in [1.54, 1.807) is 15.8 Å².